The first-order chi connectivity index (χ1) is 13.3. The Kier molecular flexibility index (Phi) is 5.43. The minimum Gasteiger partial charge on any atom is -0.376 e. The van der Waals surface area contributed by atoms with Gasteiger partial charge in [-0.25, -0.2) is 4.79 Å². The molecular weight excluding hydrogens is 340 g/mol. The van der Waals surface area contributed by atoms with Crippen LogP contribution in [0.25, 0.3) is 0 Å². The maximum absolute atomic E-state index is 12.6. The molecule has 2 aliphatic rings. The Balaban J connectivity index is 1.68. The summed E-state index contributed by atoms with van der Waals surface area (Å²) in [5, 5.41) is 7.98. The molecule has 6 heteroatoms. The van der Waals surface area contributed by atoms with Crippen molar-refractivity contribution < 1.29 is 9.53 Å². The number of ether oxygens (including phenoxy) is 1. The number of carbonyl (C=O) groups excluding carboxylic acids is 1. The molecule has 0 bridgehead atoms. The minimum atomic E-state index is 0.0188. The van der Waals surface area contributed by atoms with Crippen LogP contribution in [-0.4, -0.2) is 40.4 Å². The average Bonchev–Trinajstić information content (AvgIpc) is 3.07. The highest BCUT2D eigenvalue weighted by Crippen LogP contribution is 2.35. The van der Waals surface area contributed by atoms with E-state index in [0.29, 0.717) is 13.2 Å². The number of amides is 2. The number of likely N-dealkylation sites (tertiary alicyclic amines) is 1. The standard InChI is InChI=1S/C21H28N4O2/c1-2-22-21(26)24-12-7-6-10-19(24)20-17-15-27-13-11-18(17)25(23-20)14-16-8-4-3-5-9-16/h3-5,8-9,19H,2,6-7,10-15H2,1H3,(H,22,26). The zero-order valence-corrected chi connectivity index (χ0v) is 16.0. The summed E-state index contributed by atoms with van der Waals surface area (Å²) in [4.78, 5) is 14.6. The third-order valence-electron chi connectivity index (χ3n) is 5.51. The average molecular weight is 368 g/mol. The van der Waals surface area contributed by atoms with Gasteiger partial charge in [0.15, 0.2) is 0 Å². The SMILES string of the molecule is CCNC(=O)N1CCCCC1c1nn(Cc2ccccc2)c2c1COCC2. The topological polar surface area (TPSA) is 59.4 Å². The van der Waals surface area contributed by atoms with Crippen molar-refractivity contribution in [3.05, 3.63) is 52.8 Å². The highest BCUT2D eigenvalue weighted by atomic mass is 16.5. The van der Waals surface area contributed by atoms with Crippen LogP contribution < -0.4 is 5.32 Å². The van der Waals surface area contributed by atoms with Crippen LogP contribution in [0.5, 0.6) is 0 Å². The van der Waals surface area contributed by atoms with E-state index in [4.69, 9.17) is 9.84 Å². The summed E-state index contributed by atoms with van der Waals surface area (Å²) in [6, 6.07) is 10.5. The molecule has 27 heavy (non-hydrogen) atoms. The number of carbonyl (C=O) groups is 1. The molecule has 1 unspecified atom stereocenters. The van der Waals surface area contributed by atoms with Crippen LogP contribution in [0.3, 0.4) is 0 Å². The maximum atomic E-state index is 12.6. The summed E-state index contributed by atoms with van der Waals surface area (Å²) >= 11 is 0. The van der Waals surface area contributed by atoms with Gasteiger partial charge in [-0.1, -0.05) is 30.3 Å². The number of piperidine rings is 1. The van der Waals surface area contributed by atoms with Gasteiger partial charge >= 0.3 is 6.03 Å². The third-order valence-corrected chi connectivity index (χ3v) is 5.51. The Morgan fingerprint density at radius 1 is 1.30 bits per heavy atom. The molecule has 2 aliphatic heterocycles. The number of nitrogens with one attached hydrogen (secondary N) is 1. The first-order valence-electron chi connectivity index (χ1n) is 10.0. The second-order valence-electron chi connectivity index (χ2n) is 7.30. The fourth-order valence-electron chi connectivity index (χ4n) is 4.20. The van der Waals surface area contributed by atoms with Gasteiger partial charge in [0.25, 0.3) is 0 Å². The number of fused-ring (bicyclic) bond motifs is 1. The number of urea groups is 1. The van der Waals surface area contributed by atoms with Crippen molar-refractivity contribution in [2.24, 2.45) is 0 Å². The quantitative estimate of drug-likeness (QED) is 0.901. The molecule has 4 rings (SSSR count). The Morgan fingerprint density at radius 3 is 2.96 bits per heavy atom. The van der Waals surface area contributed by atoms with Gasteiger partial charge in [0.2, 0.25) is 0 Å². The van der Waals surface area contributed by atoms with Crippen LogP contribution in [0.2, 0.25) is 0 Å². The molecule has 1 aromatic heterocycles. The smallest absolute Gasteiger partial charge is 0.317 e. The molecule has 0 aliphatic carbocycles. The van der Waals surface area contributed by atoms with Crippen molar-refractivity contribution in [1.29, 1.82) is 0 Å². The van der Waals surface area contributed by atoms with E-state index >= 15 is 0 Å². The molecule has 0 saturated carbocycles. The van der Waals surface area contributed by atoms with E-state index in [1.165, 1.54) is 16.8 Å². The molecule has 2 amide bonds. The van der Waals surface area contributed by atoms with Crippen LogP contribution >= 0.6 is 0 Å². The van der Waals surface area contributed by atoms with Gasteiger partial charge in [-0.15, -0.1) is 0 Å². The Labute approximate surface area is 160 Å². The van der Waals surface area contributed by atoms with E-state index in [9.17, 15) is 4.79 Å². The summed E-state index contributed by atoms with van der Waals surface area (Å²) in [7, 11) is 0. The molecule has 1 atom stereocenters. The predicted octanol–water partition coefficient (Wildman–Crippen LogP) is 3.26. The molecule has 1 saturated heterocycles. The summed E-state index contributed by atoms with van der Waals surface area (Å²) < 4.78 is 7.89. The van der Waals surface area contributed by atoms with E-state index in [1.54, 1.807) is 0 Å². The van der Waals surface area contributed by atoms with Crippen LogP contribution in [0, 0.1) is 0 Å². The molecular formula is C21H28N4O2. The van der Waals surface area contributed by atoms with Crippen molar-refractivity contribution in [2.45, 2.75) is 51.8 Å². The lowest BCUT2D eigenvalue weighted by Crippen LogP contribution is -2.45. The molecule has 0 spiro atoms. The van der Waals surface area contributed by atoms with Gasteiger partial charge in [0, 0.05) is 30.8 Å². The van der Waals surface area contributed by atoms with E-state index < -0.39 is 0 Å². The fraction of sp³-hybridized carbons (Fsp3) is 0.524. The number of rotatable bonds is 4. The highest BCUT2D eigenvalue weighted by Gasteiger charge is 2.34. The van der Waals surface area contributed by atoms with E-state index in [1.807, 2.05) is 17.9 Å². The Morgan fingerprint density at radius 2 is 2.15 bits per heavy atom. The summed E-state index contributed by atoms with van der Waals surface area (Å²) in [5.41, 5.74) is 4.73. The number of nitrogens with zero attached hydrogens (tertiary/aromatic N) is 3. The minimum absolute atomic E-state index is 0.0188. The van der Waals surface area contributed by atoms with Gasteiger partial charge in [-0.3, -0.25) is 4.68 Å². The first kappa shape index (κ1) is 18.0. The van der Waals surface area contributed by atoms with E-state index in [-0.39, 0.29) is 12.1 Å². The van der Waals surface area contributed by atoms with Gasteiger partial charge in [-0.2, -0.15) is 5.10 Å². The van der Waals surface area contributed by atoms with Crippen molar-refractivity contribution in [3.63, 3.8) is 0 Å². The van der Waals surface area contributed by atoms with Crippen LogP contribution in [0.15, 0.2) is 30.3 Å². The molecule has 144 valence electrons. The van der Waals surface area contributed by atoms with Gasteiger partial charge in [0.05, 0.1) is 31.5 Å². The zero-order valence-electron chi connectivity index (χ0n) is 16.0. The van der Waals surface area contributed by atoms with E-state index in [0.717, 1.165) is 51.1 Å². The van der Waals surface area contributed by atoms with E-state index in [2.05, 4.69) is 34.3 Å². The summed E-state index contributed by atoms with van der Waals surface area (Å²) in [5.74, 6) is 0. The number of hydrogen-bond donors (Lipinski definition) is 1. The van der Waals surface area contributed by atoms with Crippen LogP contribution in [-0.2, 0) is 24.3 Å². The highest BCUT2D eigenvalue weighted by molar-refractivity contribution is 5.74. The maximum Gasteiger partial charge on any atom is 0.317 e. The monoisotopic (exact) mass is 368 g/mol. The normalized spacial score (nSPS) is 19.6. The van der Waals surface area contributed by atoms with Crippen molar-refractivity contribution in [1.82, 2.24) is 20.0 Å². The Bertz CT molecular complexity index is 787. The number of benzene rings is 1. The van der Waals surface area contributed by atoms with Gasteiger partial charge < -0.3 is 15.0 Å². The predicted molar refractivity (Wildman–Crippen MR) is 104 cm³/mol. The summed E-state index contributed by atoms with van der Waals surface area (Å²) in [6.07, 6.45) is 4.02. The molecule has 0 radical (unpaired) electrons. The van der Waals surface area contributed by atoms with Crippen molar-refractivity contribution in [2.75, 3.05) is 19.7 Å². The van der Waals surface area contributed by atoms with Gasteiger partial charge in [-0.05, 0) is 31.7 Å². The lowest BCUT2D eigenvalue weighted by Gasteiger charge is -2.35. The number of hydrogen-bond acceptors (Lipinski definition) is 3. The first-order valence-corrected chi connectivity index (χ1v) is 10.0. The van der Waals surface area contributed by atoms with Gasteiger partial charge in [0.1, 0.15) is 0 Å². The summed E-state index contributed by atoms with van der Waals surface area (Å²) in [6.45, 7) is 5.48. The zero-order chi connectivity index (χ0) is 18.6. The molecule has 6 nitrogen and oxygen atoms in total. The lowest BCUT2D eigenvalue weighted by molar-refractivity contribution is 0.105. The third kappa shape index (κ3) is 3.72. The molecule has 2 aromatic rings. The second kappa shape index (κ2) is 8.13. The van der Waals surface area contributed by atoms with Crippen LogP contribution in [0.1, 0.15) is 54.7 Å². The van der Waals surface area contributed by atoms with Crippen LogP contribution in [0.4, 0.5) is 4.79 Å². The fourth-order valence-corrected chi connectivity index (χ4v) is 4.20. The second-order valence-corrected chi connectivity index (χ2v) is 7.30. The number of aromatic nitrogens is 2. The Hall–Kier alpha value is -2.34. The molecule has 1 aromatic carbocycles. The molecule has 1 N–H and O–H groups in total. The molecule has 3 heterocycles. The van der Waals surface area contributed by atoms with Crippen molar-refractivity contribution in [3.8, 4) is 0 Å². The van der Waals surface area contributed by atoms with Crippen molar-refractivity contribution >= 4 is 6.03 Å². The largest absolute Gasteiger partial charge is 0.376 e. The lowest BCUT2D eigenvalue weighted by atomic mass is 9.95. The molecule has 1 fully saturated rings.